The van der Waals surface area contributed by atoms with Gasteiger partial charge in [-0.1, -0.05) is 48.5 Å². The highest BCUT2D eigenvalue weighted by molar-refractivity contribution is 7.92. The van der Waals surface area contributed by atoms with Crippen LogP contribution in [0.2, 0.25) is 0 Å². The second kappa shape index (κ2) is 7.37. The molecule has 3 aromatic carbocycles. The highest BCUT2D eigenvalue weighted by Gasteiger charge is 2.33. The number of amides is 1. The van der Waals surface area contributed by atoms with E-state index in [2.05, 4.69) is 0 Å². The number of carbonyl (C=O) groups is 1. The number of para-hydroxylation sites is 2. The summed E-state index contributed by atoms with van der Waals surface area (Å²) >= 11 is 0. The Morgan fingerprint density at radius 2 is 1.55 bits per heavy atom. The summed E-state index contributed by atoms with van der Waals surface area (Å²) in [5.74, 6) is -0.201. The summed E-state index contributed by atoms with van der Waals surface area (Å²) in [4.78, 5) is 15.5. The molecule has 0 bridgehead atoms. The Morgan fingerprint density at radius 1 is 0.931 bits per heavy atom. The van der Waals surface area contributed by atoms with Crippen LogP contribution >= 0.6 is 0 Å². The van der Waals surface area contributed by atoms with E-state index in [9.17, 15) is 13.2 Å². The molecule has 4 rings (SSSR count). The Morgan fingerprint density at radius 3 is 2.31 bits per heavy atom. The summed E-state index contributed by atoms with van der Waals surface area (Å²) in [7, 11) is -2.30. The second-order valence-electron chi connectivity index (χ2n) is 7.16. The Bertz CT molecular complexity index is 1160. The Kier molecular flexibility index (Phi) is 4.88. The molecule has 5 nitrogen and oxygen atoms in total. The number of hydrogen-bond acceptors (Lipinski definition) is 3. The third-order valence-electron chi connectivity index (χ3n) is 5.30. The molecule has 0 aromatic heterocycles. The molecule has 6 heteroatoms. The number of fused-ring (bicyclic) bond motifs is 1. The van der Waals surface area contributed by atoms with Gasteiger partial charge < -0.3 is 4.90 Å². The summed E-state index contributed by atoms with van der Waals surface area (Å²) < 4.78 is 27.4. The van der Waals surface area contributed by atoms with Crippen LogP contribution in [0.3, 0.4) is 0 Å². The lowest BCUT2D eigenvalue weighted by Crippen LogP contribution is -2.37. The van der Waals surface area contributed by atoms with Crippen molar-refractivity contribution in [2.45, 2.75) is 24.3 Å². The monoisotopic (exact) mass is 406 g/mol. The maximum Gasteiger partial charge on any atom is 0.264 e. The van der Waals surface area contributed by atoms with E-state index >= 15 is 0 Å². The Balaban J connectivity index is 1.76. The van der Waals surface area contributed by atoms with Crippen molar-refractivity contribution in [1.29, 1.82) is 0 Å². The predicted octanol–water partition coefficient (Wildman–Crippen LogP) is 4.10. The van der Waals surface area contributed by atoms with Crippen molar-refractivity contribution in [2.75, 3.05) is 16.3 Å². The molecule has 0 unspecified atom stereocenters. The van der Waals surface area contributed by atoms with Crippen molar-refractivity contribution < 1.29 is 13.2 Å². The molecule has 0 aliphatic carbocycles. The average molecular weight is 407 g/mol. The molecule has 1 aliphatic heterocycles. The van der Waals surface area contributed by atoms with E-state index in [0.717, 1.165) is 17.7 Å². The fourth-order valence-corrected chi connectivity index (χ4v) is 5.05. The zero-order valence-corrected chi connectivity index (χ0v) is 17.1. The smallest absolute Gasteiger partial charge is 0.264 e. The minimum absolute atomic E-state index is 0.00370. The van der Waals surface area contributed by atoms with Crippen molar-refractivity contribution in [3.8, 4) is 0 Å². The molecule has 3 aromatic rings. The molecule has 0 N–H and O–H groups in total. The van der Waals surface area contributed by atoms with Crippen LogP contribution in [-0.4, -0.2) is 27.4 Å². The van der Waals surface area contributed by atoms with Gasteiger partial charge in [-0.15, -0.1) is 0 Å². The minimum Gasteiger partial charge on any atom is -0.305 e. The minimum atomic E-state index is -3.78. The Hall–Kier alpha value is -3.12. The molecule has 1 heterocycles. The second-order valence-corrected chi connectivity index (χ2v) is 9.13. The first kappa shape index (κ1) is 19.2. The van der Waals surface area contributed by atoms with Gasteiger partial charge in [0.1, 0.15) is 0 Å². The number of hydrogen-bond donors (Lipinski definition) is 0. The van der Waals surface area contributed by atoms with Gasteiger partial charge in [-0.3, -0.25) is 9.10 Å². The molecule has 1 aliphatic rings. The lowest BCUT2D eigenvalue weighted by molar-refractivity contribution is 0.0982. The van der Waals surface area contributed by atoms with E-state index in [1.165, 1.54) is 11.4 Å². The summed E-state index contributed by atoms with van der Waals surface area (Å²) in [5.41, 5.74) is 2.72. The third kappa shape index (κ3) is 3.29. The molecule has 1 atom stereocenters. The van der Waals surface area contributed by atoms with Gasteiger partial charge in [0, 0.05) is 18.8 Å². The van der Waals surface area contributed by atoms with Crippen LogP contribution in [0, 0.1) is 0 Å². The van der Waals surface area contributed by atoms with Gasteiger partial charge in [0.15, 0.2) is 0 Å². The number of rotatable bonds is 4. The molecule has 1 amide bonds. The van der Waals surface area contributed by atoms with E-state index in [0.29, 0.717) is 11.3 Å². The molecule has 0 saturated carbocycles. The van der Waals surface area contributed by atoms with Gasteiger partial charge in [0.25, 0.3) is 15.9 Å². The highest BCUT2D eigenvalue weighted by Crippen LogP contribution is 2.35. The maximum atomic E-state index is 13.5. The fraction of sp³-hybridized carbons (Fsp3) is 0.174. The van der Waals surface area contributed by atoms with Gasteiger partial charge in [-0.25, -0.2) is 8.42 Å². The third-order valence-corrected chi connectivity index (χ3v) is 7.09. The normalized spacial score (nSPS) is 15.8. The van der Waals surface area contributed by atoms with E-state index in [-0.39, 0.29) is 16.8 Å². The van der Waals surface area contributed by atoms with Crippen LogP contribution in [-0.2, 0) is 16.4 Å². The quantitative estimate of drug-likeness (QED) is 0.655. The van der Waals surface area contributed by atoms with Crippen LogP contribution in [0.5, 0.6) is 0 Å². The van der Waals surface area contributed by atoms with E-state index in [4.69, 9.17) is 0 Å². The van der Waals surface area contributed by atoms with Gasteiger partial charge in [0.05, 0.1) is 16.1 Å². The Labute approximate surface area is 171 Å². The van der Waals surface area contributed by atoms with Crippen molar-refractivity contribution in [3.63, 3.8) is 0 Å². The first-order chi connectivity index (χ1) is 13.9. The number of benzene rings is 3. The summed E-state index contributed by atoms with van der Waals surface area (Å²) in [6.07, 6.45) is 0.780. The van der Waals surface area contributed by atoms with Crippen molar-refractivity contribution >= 4 is 27.3 Å². The number of anilines is 2. The highest BCUT2D eigenvalue weighted by atomic mass is 32.2. The lowest BCUT2D eigenvalue weighted by atomic mass is 10.1. The lowest BCUT2D eigenvalue weighted by Gasteiger charge is -2.27. The number of nitrogens with zero attached hydrogens (tertiary/aromatic N) is 2. The largest absolute Gasteiger partial charge is 0.305 e. The van der Waals surface area contributed by atoms with Crippen LogP contribution < -0.4 is 9.21 Å². The number of carbonyl (C=O) groups excluding carboxylic acids is 1. The molecule has 0 radical (unpaired) electrons. The SMILES string of the molecule is C[C@@H]1Cc2ccccc2N1C(=O)c1ccccc1N(C)S(=O)(=O)c1ccccc1. The zero-order valence-electron chi connectivity index (χ0n) is 16.3. The van der Waals surface area contributed by atoms with E-state index in [1.807, 2.05) is 31.2 Å². The molecular formula is C23H22N2O3S. The van der Waals surface area contributed by atoms with Crippen LogP contribution in [0.1, 0.15) is 22.8 Å². The molecular weight excluding hydrogens is 384 g/mol. The number of sulfonamides is 1. The van der Waals surface area contributed by atoms with Crippen molar-refractivity contribution in [3.05, 3.63) is 90.0 Å². The first-order valence-electron chi connectivity index (χ1n) is 9.45. The van der Waals surface area contributed by atoms with Crippen LogP contribution in [0.25, 0.3) is 0 Å². The topological polar surface area (TPSA) is 57.7 Å². The molecule has 0 fully saturated rings. The molecule has 148 valence electrons. The van der Waals surface area contributed by atoms with Crippen molar-refractivity contribution in [2.24, 2.45) is 0 Å². The van der Waals surface area contributed by atoms with Gasteiger partial charge >= 0.3 is 0 Å². The van der Waals surface area contributed by atoms with Gasteiger partial charge in [-0.05, 0) is 49.2 Å². The van der Waals surface area contributed by atoms with Crippen LogP contribution in [0.15, 0.2) is 83.8 Å². The molecule has 29 heavy (non-hydrogen) atoms. The fourth-order valence-electron chi connectivity index (χ4n) is 3.81. The van der Waals surface area contributed by atoms with Crippen molar-refractivity contribution in [1.82, 2.24) is 0 Å². The summed E-state index contributed by atoms with van der Waals surface area (Å²) in [5, 5.41) is 0. The zero-order chi connectivity index (χ0) is 20.6. The van der Waals surface area contributed by atoms with E-state index in [1.54, 1.807) is 59.5 Å². The molecule has 0 spiro atoms. The summed E-state index contributed by atoms with van der Waals surface area (Å²) in [6.45, 7) is 2.00. The molecule has 0 saturated heterocycles. The standard InChI is InChI=1S/C23H22N2O3S/c1-17-16-18-10-6-8-14-21(18)25(17)23(26)20-13-7-9-15-22(20)24(2)29(27,28)19-11-4-3-5-12-19/h3-15,17H,16H2,1-2H3/t17-/m1/s1. The first-order valence-corrected chi connectivity index (χ1v) is 10.9. The summed E-state index contributed by atoms with van der Waals surface area (Å²) in [6, 6.07) is 22.9. The average Bonchev–Trinajstić information content (AvgIpc) is 3.09. The maximum absolute atomic E-state index is 13.5. The van der Waals surface area contributed by atoms with Crippen LogP contribution in [0.4, 0.5) is 11.4 Å². The van der Waals surface area contributed by atoms with E-state index < -0.39 is 10.0 Å². The van der Waals surface area contributed by atoms with Gasteiger partial charge in [0.2, 0.25) is 0 Å². The predicted molar refractivity (Wildman–Crippen MR) is 115 cm³/mol. The van der Waals surface area contributed by atoms with Gasteiger partial charge in [-0.2, -0.15) is 0 Å².